The molecule has 0 aliphatic carbocycles. The molecular weight excluding hydrogens is 224 g/mol. The summed E-state index contributed by atoms with van der Waals surface area (Å²) >= 11 is 1.57. The zero-order valence-electron chi connectivity index (χ0n) is 10.2. The van der Waals surface area contributed by atoms with Crippen LogP contribution in [0, 0.1) is 0 Å². The van der Waals surface area contributed by atoms with Crippen LogP contribution in [0.5, 0.6) is 0 Å². The van der Waals surface area contributed by atoms with Crippen molar-refractivity contribution >= 4 is 11.3 Å². The van der Waals surface area contributed by atoms with E-state index in [1.807, 2.05) is 26.2 Å². The summed E-state index contributed by atoms with van der Waals surface area (Å²) in [6, 6.07) is 0. The Hall–Kier alpha value is -0.490. The predicted octanol–water partition coefficient (Wildman–Crippen LogP) is 1.93. The lowest BCUT2D eigenvalue weighted by Gasteiger charge is -2.19. The molecule has 1 rings (SSSR count). The number of ether oxygens (including phenoxy) is 2. The number of hydrogen-bond donors (Lipinski definition) is 1. The highest BCUT2D eigenvalue weighted by Crippen LogP contribution is 2.10. The van der Waals surface area contributed by atoms with Gasteiger partial charge in [0.05, 0.1) is 31.1 Å². The van der Waals surface area contributed by atoms with Crippen molar-refractivity contribution in [2.45, 2.75) is 39.5 Å². The van der Waals surface area contributed by atoms with Gasteiger partial charge in [0.2, 0.25) is 0 Å². The van der Waals surface area contributed by atoms with Gasteiger partial charge in [-0.1, -0.05) is 0 Å². The number of nitrogens with two attached hydrogens (primary N) is 1. The minimum absolute atomic E-state index is 0.100. The van der Waals surface area contributed by atoms with Crippen molar-refractivity contribution in [1.29, 1.82) is 0 Å². The van der Waals surface area contributed by atoms with Crippen LogP contribution in [0.3, 0.4) is 0 Å². The van der Waals surface area contributed by atoms with E-state index in [2.05, 4.69) is 4.98 Å². The summed E-state index contributed by atoms with van der Waals surface area (Å²) in [7, 11) is 0. The number of hydrogen-bond acceptors (Lipinski definition) is 5. The Labute approximate surface area is 101 Å². The molecule has 4 nitrogen and oxygen atoms in total. The summed E-state index contributed by atoms with van der Waals surface area (Å²) in [6.45, 7) is 8.31. The van der Waals surface area contributed by atoms with Gasteiger partial charge < -0.3 is 15.2 Å². The lowest BCUT2D eigenvalue weighted by Crippen LogP contribution is -2.21. The molecule has 1 aromatic rings. The molecule has 0 aliphatic heterocycles. The van der Waals surface area contributed by atoms with Crippen LogP contribution in [-0.4, -0.2) is 23.8 Å². The van der Waals surface area contributed by atoms with E-state index in [1.165, 1.54) is 0 Å². The summed E-state index contributed by atoms with van der Waals surface area (Å²) in [5, 5.41) is 2.93. The maximum Gasteiger partial charge on any atom is 0.107 e. The third-order valence-corrected chi connectivity index (χ3v) is 2.71. The Morgan fingerprint density at radius 2 is 2.12 bits per heavy atom. The van der Waals surface area contributed by atoms with Crippen molar-refractivity contribution in [3.05, 3.63) is 16.1 Å². The van der Waals surface area contributed by atoms with Crippen molar-refractivity contribution in [2.75, 3.05) is 13.2 Å². The molecule has 0 saturated carbocycles. The first-order chi connectivity index (χ1) is 7.51. The Morgan fingerprint density at radius 1 is 1.38 bits per heavy atom. The van der Waals surface area contributed by atoms with E-state index in [0.717, 1.165) is 10.7 Å². The van der Waals surface area contributed by atoms with Gasteiger partial charge in [-0.05, 0) is 20.8 Å². The topological polar surface area (TPSA) is 57.4 Å². The molecule has 92 valence electrons. The van der Waals surface area contributed by atoms with Gasteiger partial charge in [-0.3, -0.25) is 0 Å². The molecule has 0 aromatic carbocycles. The summed E-state index contributed by atoms with van der Waals surface area (Å²) in [6.07, 6.45) is 0. The lowest BCUT2D eigenvalue weighted by atomic mass is 10.2. The van der Waals surface area contributed by atoms with Gasteiger partial charge >= 0.3 is 0 Å². The van der Waals surface area contributed by atoms with Crippen LogP contribution >= 0.6 is 11.3 Å². The molecule has 0 radical (unpaired) electrons. The zero-order chi connectivity index (χ0) is 12.0. The van der Waals surface area contributed by atoms with Crippen molar-refractivity contribution < 1.29 is 9.47 Å². The molecule has 0 atom stereocenters. The first-order valence-corrected chi connectivity index (χ1v) is 6.24. The fourth-order valence-electron chi connectivity index (χ4n) is 1.09. The molecular formula is C11H20N2O2S. The van der Waals surface area contributed by atoms with Crippen molar-refractivity contribution in [1.82, 2.24) is 4.98 Å². The van der Waals surface area contributed by atoms with E-state index in [4.69, 9.17) is 15.2 Å². The smallest absolute Gasteiger partial charge is 0.107 e. The van der Waals surface area contributed by atoms with Gasteiger partial charge in [-0.15, -0.1) is 11.3 Å². The fourth-order valence-corrected chi connectivity index (χ4v) is 1.75. The minimum atomic E-state index is -0.100. The Bertz CT molecular complexity index is 307. The van der Waals surface area contributed by atoms with Crippen LogP contribution in [0.4, 0.5) is 0 Å². The molecule has 0 spiro atoms. The van der Waals surface area contributed by atoms with E-state index in [0.29, 0.717) is 26.4 Å². The molecule has 1 aromatic heterocycles. The SMILES string of the molecule is CC(C)(C)OCCOCc1csc(CN)n1. The highest BCUT2D eigenvalue weighted by molar-refractivity contribution is 7.09. The third kappa shape index (κ3) is 5.55. The average molecular weight is 244 g/mol. The van der Waals surface area contributed by atoms with Crippen LogP contribution in [-0.2, 0) is 22.6 Å². The Balaban J connectivity index is 2.11. The normalized spacial score (nSPS) is 12.0. The van der Waals surface area contributed by atoms with Gasteiger partial charge in [-0.25, -0.2) is 4.98 Å². The van der Waals surface area contributed by atoms with E-state index in [-0.39, 0.29) is 5.60 Å². The number of aromatic nitrogens is 1. The molecule has 5 heteroatoms. The highest BCUT2D eigenvalue weighted by atomic mass is 32.1. The second kappa shape index (κ2) is 6.30. The van der Waals surface area contributed by atoms with Gasteiger partial charge in [0.25, 0.3) is 0 Å². The van der Waals surface area contributed by atoms with Crippen molar-refractivity contribution in [3.63, 3.8) is 0 Å². The second-order valence-electron chi connectivity index (χ2n) is 4.45. The Morgan fingerprint density at radius 3 is 2.69 bits per heavy atom. The Kier molecular flexibility index (Phi) is 5.34. The fraction of sp³-hybridized carbons (Fsp3) is 0.727. The molecule has 16 heavy (non-hydrogen) atoms. The van der Waals surface area contributed by atoms with Crippen LogP contribution in [0.1, 0.15) is 31.5 Å². The van der Waals surface area contributed by atoms with E-state index < -0.39 is 0 Å². The predicted molar refractivity (Wildman–Crippen MR) is 65.4 cm³/mol. The molecule has 0 saturated heterocycles. The van der Waals surface area contributed by atoms with Crippen LogP contribution in [0.15, 0.2) is 5.38 Å². The monoisotopic (exact) mass is 244 g/mol. The van der Waals surface area contributed by atoms with Crippen LogP contribution in [0.25, 0.3) is 0 Å². The number of nitrogens with zero attached hydrogens (tertiary/aromatic N) is 1. The molecule has 0 fully saturated rings. The zero-order valence-corrected chi connectivity index (χ0v) is 11.0. The quantitative estimate of drug-likeness (QED) is 0.777. The summed E-state index contributed by atoms with van der Waals surface area (Å²) < 4.78 is 11.0. The van der Waals surface area contributed by atoms with Gasteiger partial charge in [-0.2, -0.15) is 0 Å². The number of rotatable bonds is 6. The van der Waals surface area contributed by atoms with E-state index in [1.54, 1.807) is 11.3 Å². The maximum atomic E-state index is 5.53. The summed E-state index contributed by atoms with van der Waals surface area (Å²) in [5.74, 6) is 0. The molecule has 0 unspecified atom stereocenters. The molecule has 0 bridgehead atoms. The molecule has 1 heterocycles. The van der Waals surface area contributed by atoms with E-state index >= 15 is 0 Å². The first kappa shape index (κ1) is 13.6. The van der Waals surface area contributed by atoms with Crippen LogP contribution in [0.2, 0.25) is 0 Å². The summed E-state index contributed by atoms with van der Waals surface area (Å²) in [4.78, 5) is 4.30. The van der Waals surface area contributed by atoms with Crippen molar-refractivity contribution in [2.24, 2.45) is 5.73 Å². The molecule has 0 aliphatic rings. The van der Waals surface area contributed by atoms with E-state index in [9.17, 15) is 0 Å². The summed E-state index contributed by atoms with van der Waals surface area (Å²) in [5.41, 5.74) is 6.32. The third-order valence-electron chi connectivity index (χ3n) is 1.79. The van der Waals surface area contributed by atoms with Gasteiger partial charge in [0.1, 0.15) is 5.01 Å². The molecule has 0 amide bonds. The maximum absolute atomic E-state index is 5.53. The van der Waals surface area contributed by atoms with Gasteiger partial charge in [0.15, 0.2) is 0 Å². The average Bonchev–Trinajstić information content (AvgIpc) is 2.63. The first-order valence-electron chi connectivity index (χ1n) is 5.36. The second-order valence-corrected chi connectivity index (χ2v) is 5.39. The van der Waals surface area contributed by atoms with Gasteiger partial charge in [0, 0.05) is 11.9 Å². The van der Waals surface area contributed by atoms with Crippen LogP contribution < -0.4 is 5.73 Å². The largest absolute Gasteiger partial charge is 0.373 e. The highest BCUT2D eigenvalue weighted by Gasteiger charge is 2.09. The lowest BCUT2D eigenvalue weighted by molar-refractivity contribution is -0.0379. The standard InChI is InChI=1S/C11H20N2O2S/c1-11(2,3)15-5-4-14-7-9-8-16-10(6-12)13-9/h8H,4-7,12H2,1-3H3. The minimum Gasteiger partial charge on any atom is -0.373 e. The molecule has 2 N–H and O–H groups in total. The van der Waals surface area contributed by atoms with Crippen molar-refractivity contribution in [3.8, 4) is 0 Å². The number of thiazole rings is 1.